The second kappa shape index (κ2) is 10.7. The Balaban J connectivity index is 1.53. The highest BCUT2D eigenvalue weighted by Gasteiger charge is 2.28. The van der Waals surface area contributed by atoms with Gasteiger partial charge < -0.3 is 10.4 Å². The highest BCUT2D eigenvalue weighted by molar-refractivity contribution is 5.91. The van der Waals surface area contributed by atoms with E-state index in [1.807, 2.05) is 18.2 Å². The molecule has 0 saturated heterocycles. The van der Waals surface area contributed by atoms with Gasteiger partial charge in [-0.25, -0.2) is 0 Å². The number of hydrogen-bond acceptors (Lipinski definition) is 3. The van der Waals surface area contributed by atoms with Crippen LogP contribution in [0, 0.1) is 5.92 Å². The summed E-state index contributed by atoms with van der Waals surface area (Å²) >= 11 is 0. The maximum absolute atomic E-state index is 12.6. The molecule has 1 aliphatic carbocycles. The Morgan fingerprint density at radius 1 is 1.00 bits per heavy atom. The summed E-state index contributed by atoms with van der Waals surface area (Å²) in [4.78, 5) is 35.8. The third kappa shape index (κ3) is 6.28. The number of aryl methyl sites for hydroxylation is 1. The maximum atomic E-state index is 12.6. The Morgan fingerprint density at radius 3 is 2.37 bits per heavy atom. The highest BCUT2D eigenvalue weighted by atomic mass is 16.4. The summed E-state index contributed by atoms with van der Waals surface area (Å²) in [6.45, 7) is 0. The summed E-state index contributed by atoms with van der Waals surface area (Å²) in [5.41, 5.74) is 3.48. The van der Waals surface area contributed by atoms with Gasteiger partial charge in [0.05, 0.1) is 12.5 Å². The molecular formula is C25H29NO4. The third-order valence-corrected chi connectivity index (χ3v) is 5.74. The van der Waals surface area contributed by atoms with Crippen LogP contribution in [-0.4, -0.2) is 28.8 Å². The van der Waals surface area contributed by atoms with Gasteiger partial charge in [0, 0.05) is 12.3 Å². The maximum Gasteiger partial charge on any atom is 0.304 e. The fraction of sp³-hybridized carbons (Fsp3) is 0.400. The number of nitrogens with one attached hydrogen (secondary N) is 1. The second-order valence-corrected chi connectivity index (χ2v) is 8.02. The topological polar surface area (TPSA) is 83.5 Å². The first-order chi connectivity index (χ1) is 14.5. The van der Waals surface area contributed by atoms with Crippen molar-refractivity contribution in [3.05, 3.63) is 60.2 Å². The lowest BCUT2D eigenvalue weighted by Gasteiger charge is -2.24. The molecule has 5 heteroatoms. The smallest absolute Gasteiger partial charge is 0.304 e. The quantitative estimate of drug-likeness (QED) is 0.646. The molecule has 5 nitrogen and oxygen atoms in total. The Labute approximate surface area is 177 Å². The molecule has 158 valence electrons. The summed E-state index contributed by atoms with van der Waals surface area (Å²) in [7, 11) is 0. The van der Waals surface area contributed by atoms with Crippen LogP contribution in [0.2, 0.25) is 0 Å². The van der Waals surface area contributed by atoms with Crippen LogP contribution in [0.3, 0.4) is 0 Å². The van der Waals surface area contributed by atoms with Gasteiger partial charge in [0.1, 0.15) is 0 Å². The van der Waals surface area contributed by atoms with Crippen LogP contribution in [0.5, 0.6) is 0 Å². The van der Waals surface area contributed by atoms with Crippen LogP contribution in [0.1, 0.15) is 50.5 Å². The van der Waals surface area contributed by atoms with Gasteiger partial charge in [-0.3, -0.25) is 14.4 Å². The Bertz CT molecular complexity index is 860. The van der Waals surface area contributed by atoms with Crippen molar-refractivity contribution in [3.63, 3.8) is 0 Å². The lowest BCUT2D eigenvalue weighted by atomic mass is 9.91. The van der Waals surface area contributed by atoms with Gasteiger partial charge >= 0.3 is 5.97 Å². The molecule has 1 amide bonds. The van der Waals surface area contributed by atoms with Crippen molar-refractivity contribution in [3.8, 4) is 11.1 Å². The molecule has 30 heavy (non-hydrogen) atoms. The number of amides is 1. The minimum atomic E-state index is -0.989. The standard InChI is InChI=1S/C25H29NO4/c27-23-12-5-4-11-22(23)26-25(30)21(17-24(28)29)10-6-7-18-13-15-20(16-14-18)19-8-2-1-3-9-19/h1-3,8-9,13-16,21-22H,4-7,10-12,17H2,(H,26,30)(H,28,29). The Kier molecular flexibility index (Phi) is 7.77. The SMILES string of the molecule is O=C(O)CC(CCCc1ccc(-c2ccccc2)cc1)C(=O)NC1CCCCC1=O. The van der Waals surface area contributed by atoms with Crippen LogP contribution in [0.4, 0.5) is 0 Å². The molecule has 3 rings (SSSR count). The zero-order valence-electron chi connectivity index (χ0n) is 17.2. The van der Waals surface area contributed by atoms with E-state index in [2.05, 4.69) is 41.7 Å². The summed E-state index contributed by atoms with van der Waals surface area (Å²) < 4.78 is 0. The van der Waals surface area contributed by atoms with Gasteiger partial charge in [-0.05, 0) is 48.8 Å². The third-order valence-electron chi connectivity index (χ3n) is 5.74. The first kappa shape index (κ1) is 21.8. The molecule has 2 atom stereocenters. The van der Waals surface area contributed by atoms with Gasteiger partial charge in [0.2, 0.25) is 5.91 Å². The van der Waals surface area contributed by atoms with E-state index in [1.165, 1.54) is 5.56 Å². The predicted octanol–water partition coefficient (Wildman–Crippen LogP) is 4.40. The van der Waals surface area contributed by atoms with Crippen molar-refractivity contribution in [2.75, 3.05) is 0 Å². The molecule has 0 aromatic heterocycles. The molecule has 0 aliphatic heterocycles. The highest BCUT2D eigenvalue weighted by Crippen LogP contribution is 2.21. The molecule has 0 bridgehead atoms. The first-order valence-electron chi connectivity index (χ1n) is 10.7. The van der Waals surface area contributed by atoms with Gasteiger partial charge in [-0.15, -0.1) is 0 Å². The number of rotatable bonds is 9. The largest absolute Gasteiger partial charge is 0.481 e. The number of carbonyl (C=O) groups excluding carboxylic acids is 2. The second-order valence-electron chi connectivity index (χ2n) is 8.02. The van der Waals surface area contributed by atoms with E-state index in [-0.39, 0.29) is 18.1 Å². The molecule has 2 aromatic rings. The number of benzene rings is 2. The monoisotopic (exact) mass is 407 g/mol. The summed E-state index contributed by atoms with van der Waals surface area (Å²) in [6.07, 6.45) is 4.70. The zero-order chi connectivity index (χ0) is 21.3. The van der Waals surface area contributed by atoms with Crippen LogP contribution >= 0.6 is 0 Å². The van der Waals surface area contributed by atoms with Crippen molar-refractivity contribution in [2.45, 2.75) is 57.4 Å². The van der Waals surface area contributed by atoms with Crippen LogP contribution in [0.15, 0.2) is 54.6 Å². The van der Waals surface area contributed by atoms with Gasteiger partial charge in [0.15, 0.2) is 5.78 Å². The normalized spacial score (nSPS) is 17.3. The van der Waals surface area contributed by atoms with Gasteiger partial charge in [0.25, 0.3) is 0 Å². The van der Waals surface area contributed by atoms with Crippen LogP contribution < -0.4 is 5.32 Å². The Morgan fingerprint density at radius 2 is 1.70 bits per heavy atom. The number of carboxylic acid groups (broad SMARTS) is 1. The van der Waals surface area contributed by atoms with E-state index < -0.39 is 17.9 Å². The van der Waals surface area contributed by atoms with Crippen molar-refractivity contribution in [1.82, 2.24) is 5.32 Å². The Hall–Kier alpha value is -2.95. The molecule has 0 radical (unpaired) electrons. The van der Waals surface area contributed by atoms with E-state index in [4.69, 9.17) is 0 Å². The molecule has 1 aliphatic rings. The minimum absolute atomic E-state index is 0.0576. The van der Waals surface area contributed by atoms with Gasteiger partial charge in [-0.1, -0.05) is 61.0 Å². The van der Waals surface area contributed by atoms with E-state index in [9.17, 15) is 19.5 Å². The molecule has 0 spiro atoms. The van der Waals surface area contributed by atoms with Crippen molar-refractivity contribution < 1.29 is 19.5 Å². The van der Waals surface area contributed by atoms with E-state index in [0.29, 0.717) is 25.7 Å². The predicted molar refractivity (Wildman–Crippen MR) is 116 cm³/mol. The lowest BCUT2D eigenvalue weighted by Crippen LogP contribution is -2.45. The number of aliphatic carboxylic acids is 1. The molecule has 1 saturated carbocycles. The van der Waals surface area contributed by atoms with E-state index in [0.717, 1.165) is 30.4 Å². The van der Waals surface area contributed by atoms with Gasteiger partial charge in [-0.2, -0.15) is 0 Å². The fourth-order valence-electron chi connectivity index (χ4n) is 4.01. The molecule has 0 heterocycles. The molecule has 2 unspecified atom stereocenters. The fourth-order valence-corrected chi connectivity index (χ4v) is 4.01. The van der Waals surface area contributed by atoms with E-state index in [1.54, 1.807) is 0 Å². The number of hydrogen-bond donors (Lipinski definition) is 2. The number of Topliss-reactive ketones (excluding diaryl/α,β-unsaturated/α-hetero) is 1. The first-order valence-corrected chi connectivity index (χ1v) is 10.7. The molecule has 2 aromatic carbocycles. The number of carboxylic acids is 1. The van der Waals surface area contributed by atoms with Crippen molar-refractivity contribution in [1.29, 1.82) is 0 Å². The number of carbonyl (C=O) groups is 3. The molecule has 2 N–H and O–H groups in total. The summed E-state index contributed by atoms with van der Waals surface area (Å²) in [5, 5.41) is 12.0. The summed E-state index contributed by atoms with van der Waals surface area (Å²) in [6, 6.07) is 18.0. The molecular weight excluding hydrogens is 378 g/mol. The lowest BCUT2D eigenvalue weighted by molar-refractivity contribution is -0.141. The average Bonchev–Trinajstić information content (AvgIpc) is 2.75. The van der Waals surface area contributed by atoms with Crippen LogP contribution in [-0.2, 0) is 20.8 Å². The minimum Gasteiger partial charge on any atom is -0.481 e. The summed E-state index contributed by atoms with van der Waals surface area (Å²) in [5.74, 6) is -1.85. The number of ketones is 1. The van der Waals surface area contributed by atoms with Crippen molar-refractivity contribution >= 4 is 17.7 Å². The molecule has 1 fully saturated rings. The zero-order valence-corrected chi connectivity index (χ0v) is 17.2. The van der Waals surface area contributed by atoms with Crippen molar-refractivity contribution in [2.24, 2.45) is 5.92 Å². The average molecular weight is 408 g/mol. The van der Waals surface area contributed by atoms with E-state index >= 15 is 0 Å². The van der Waals surface area contributed by atoms with Crippen LogP contribution in [0.25, 0.3) is 11.1 Å².